The second-order valence-corrected chi connectivity index (χ2v) is 3.09. The van der Waals surface area contributed by atoms with E-state index in [1.165, 1.54) is 0 Å². The lowest BCUT2D eigenvalue weighted by atomic mass is 10.2. The molecule has 15 heavy (non-hydrogen) atoms. The predicted molar refractivity (Wildman–Crippen MR) is 57.2 cm³/mol. The molecule has 0 aliphatic carbocycles. The minimum absolute atomic E-state index is 0.362. The summed E-state index contributed by atoms with van der Waals surface area (Å²) in [6, 6.07) is 11.6. The van der Waals surface area contributed by atoms with Crippen LogP contribution < -0.4 is 10.5 Å². The van der Waals surface area contributed by atoms with Gasteiger partial charge in [-0.2, -0.15) is 5.10 Å². The molecule has 76 valence electrons. The Kier molecular flexibility index (Phi) is 2.78. The molecule has 0 fully saturated rings. The highest BCUT2D eigenvalue weighted by molar-refractivity contribution is 5.33. The Labute approximate surface area is 87.7 Å². The first kappa shape index (κ1) is 9.45. The monoisotopic (exact) mass is 201 g/mol. The van der Waals surface area contributed by atoms with Gasteiger partial charge in [-0.05, 0) is 5.56 Å². The lowest BCUT2D eigenvalue weighted by Crippen LogP contribution is -1.98. The van der Waals surface area contributed by atoms with E-state index in [1.807, 2.05) is 30.3 Å². The van der Waals surface area contributed by atoms with Crippen molar-refractivity contribution in [3.05, 3.63) is 48.2 Å². The Morgan fingerprint density at radius 1 is 1.20 bits per heavy atom. The zero-order valence-electron chi connectivity index (χ0n) is 8.13. The number of hydrogen-bond donors (Lipinski definition) is 1. The summed E-state index contributed by atoms with van der Waals surface area (Å²) >= 11 is 0. The van der Waals surface area contributed by atoms with Crippen molar-refractivity contribution in [1.29, 1.82) is 0 Å². The number of anilines is 1. The van der Waals surface area contributed by atoms with Crippen LogP contribution in [0.2, 0.25) is 0 Å². The SMILES string of the molecule is Nc1cc(OCc2ccccc2)cnn1. The maximum atomic E-state index is 5.49. The van der Waals surface area contributed by atoms with E-state index in [2.05, 4.69) is 10.2 Å². The first-order valence-corrected chi connectivity index (χ1v) is 4.59. The summed E-state index contributed by atoms with van der Waals surface area (Å²) in [7, 11) is 0. The van der Waals surface area contributed by atoms with Crippen molar-refractivity contribution < 1.29 is 4.74 Å². The van der Waals surface area contributed by atoms with Crippen molar-refractivity contribution in [2.24, 2.45) is 0 Å². The van der Waals surface area contributed by atoms with Gasteiger partial charge in [-0.1, -0.05) is 30.3 Å². The largest absolute Gasteiger partial charge is 0.487 e. The third kappa shape index (κ3) is 2.67. The van der Waals surface area contributed by atoms with E-state index in [0.717, 1.165) is 5.56 Å². The van der Waals surface area contributed by atoms with Crippen LogP contribution in [0.1, 0.15) is 5.56 Å². The Morgan fingerprint density at radius 3 is 2.73 bits per heavy atom. The molecule has 4 heteroatoms. The Hall–Kier alpha value is -2.10. The summed E-state index contributed by atoms with van der Waals surface area (Å²) in [4.78, 5) is 0. The molecule has 1 aromatic heterocycles. The molecule has 2 N–H and O–H groups in total. The van der Waals surface area contributed by atoms with E-state index >= 15 is 0 Å². The van der Waals surface area contributed by atoms with Crippen LogP contribution in [0.25, 0.3) is 0 Å². The highest BCUT2D eigenvalue weighted by Crippen LogP contribution is 2.12. The Morgan fingerprint density at radius 2 is 2.00 bits per heavy atom. The summed E-state index contributed by atoms with van der Waals surface area (Å²) in [6.45, 7) is 0.506. The lowest BCUT2D eigenvalue weighted by molar-refractivity contribution is 0.304. The number of hydrogen-bond acceptors (Lipinski definition) is 4. The summed E-state index contributed by atoms with van der Waals surface area (Å²) in [5, 5.41) is 7.34. The molecule has 0 saturated carbocycles. The highest BCUT2D eigenvalue weighted by atomic mass is 16.5. The van der Waals surface area contributed by atoms with Crippen LogP contribution >= 0.6 is 0 Å². The van der Waals surface area contributed by atoms with Gasteiger partial charge in [-0.25, -0.2) is 0 Å². The fourth-order valence-corrected chi connectivity index (χ4v) is 1.18. The number of nitrogens with zero attached hydrogens (tertiary/aromatic N) is 2. The van der Waals surface area contributed by atoms with E-state index < -0.39 is 0 Å². The van der Waals surface area contributed by atoms with Crippen LogP contribution in [0, 0.1) is 0 Å². The van der Waals surface area contributed by atoms with Gasteiger partial charge in [0, 0.05) is 6.07 Å². The van der Waals surface area contributed by atoms with Gasteiger partial charge in [0.25, 0.3) is 0 Å². The summed E-state index contributed by atoms with van der Waals surface area (Å²) in [5.41, 5.74) is 6.58. The first-order chi connectivity index (χ1) is 7.34. The summed E-state index contributed by atoms with van der Waals surface area (Å²) in [5.74, 6) is 0.993. The molecule has 0 aliphatic rings. The van der Waals surface area contributed by atoms with E-state index in [9.17, 15) is 0 Å². The highest BCUT2D eigenvalue weighted by Gasteiger charge is 1.96. The quantitative estimate of drug-likeness (QED) is 0.820. The molecule has 0 amide bonds. The lowest BCUT2D eigenvalue weighted by Gasteiger charge is -2.05. The third-order valence-electron chi connectivity index (χ3n) is 1.90. The van der Waals surface area contributed by atoms with E-state index in [0.29, 0.717) is 18.2 Å². The second-order valence-electron chi connectivity index (χ2n) is 3.09. The zero-order valence-corrected chi connectivity index (χ0v) is 8.13. The number of rotatable bonds is 3. The topological polar surface area (TPSA) is 61.0 Å². The van der Waals surface area contributed by atoms with Crippen molar-refractivity contribution >= 4 is 5.82 Å². The summed E-state index contributed by atoms with van der Waals surface area (Å²) < 4.78 is 5.49. The fraction of sp³-hybridized carbons (Fsp3) is 0.0909. The zero-order chi connectivity index (χ0) is 10.5. The summed E-state index contributed by atoms with van der Waals surface area (Å²) in [6.07, 6.45) is 1.54. The van der Waals surface area contributed by atoms with Gasteiger partial charge in [0.2, 0.25) is 0 Å². The van der Waals surface area contributed by atoms with Crippen LogP contribution in [-0.4, -0.2) is 10.2 Å². The molecule has 0 saturated heterocycles. The van der Waals surface area contributed by atoms with E-state index in [1.54, 1.807) is 12.3 Å². The fourth-order valence-electron chi connectivity index (χ4n) is 1.18. The third-order valence-corrected chi connectivity index (χ3v) is 1.90. The number of benzene rings is 1. The van der Waals surface area contributed by atoms with Gasteiger partial charge in [0.05, 0.1) is 6.20 Å². The van der Waals surface area contributed by atoms with Crippen LogP contribution in [-0.2, 0) is 6.61 Å². The van der Waals surface area contributed by atoms with Gasteiger partial charge in [0.1, 0.15) is 18.2 Å². The van der Waals surface area contributed by atoms with Gasteiger partial charge in [-0.3, -0.25) is 0 Å². The molecule has 2 rings (SSSR count). The maximum Gasteiger partial charge on any atom is 0.149 e. The van der Waals surface area contributed by atoms with Crippen LogP contribution in [0.15, 0.2) is 42.6 Å². The Balaban J connectivity index is 1.99. The normalized spacial score (nSPS) is 9.87. The van der Waals surface area contributed by atoms with Crippen LogP contribution in [0.4, 0.5) is 5.82 Å². The van der Waals surface area contributed by atoms with Gasteiger partial charge < -0.3 is 10.5 Å². The van der Waals surface area contributed by atoms with Crippen molar-refractivity contribution in [3.8, 4) is 5.75 Å². The van der Waals surface area contributed by atoms with Crippen molar-refractivity contribution in [2.45, 2.75) is 6.61 Å². The number of nitrogen functional groups attached to an aromatic ring is 1. The molecule has 4 nitrogen and oxygen atoms in total. The maximum absolute atomic E-state index is 5.49. The molecular weight excluding hydrogens is 190 g/mol. The number of aromatic nitrogens is 2. The molecule has 0 bridgehead atoms. The molecule has 0 aliphatic heterocycles. The molecule has 0 unspecified atom stereocenters. The van der Waals surface area contributed by atoms with Crippen molar-refractivity contribution in [2.75, 3.05) is 5.73 Å². The molecule has 2 aromatic rings. The van der Waals surface area contributed by atoms with Gasteiger partial charge >= 0.3 is 0 Å². The smallest absolute Gasteiger partial charge is 0.149 e. The van der Waals surface area contributed by atoms with E-state index in [4.69, 9.17) is 10.5 Å². The van der Waals surface area contributed by atoms with Crippen LogP contribution in [0.5, 0.6) is 5.75 Å². The molecule has 0 spiro atoms. The molecule has 0 atom stereocenters. The number of ether oxygens (including phenoxy) is 1. The molecule has 1 heterocycles. The van der Waals surface area contributed by atoms with Gasteiger partial charge in [-0.15, -0.1) is 5.10 Å². The minimum Gasteiger partial charge on any atom is -0.487 e. The van der Waals surface area contributed by atoms with E-state index in [-0.39, 0.29) is 0 Å². The average Bonchev–Trinajstić information content (AvgIpc) is 2.28. The number of nitrogens with two attached hydrogens (primary N) is 1. The van der Waals surface area contributed by atoms with Crippen molar-refractivity contribution in [1.82, 2.24) is 10.2 Å². The van der Waals surface area contributed by atoms with Gasteiger partial charge in [0.15, 0.2) is 0 Å². The molecular formula is C11H11N3O. The predicted octanol–water partition coefficient (Wildman–Crippen LogP) is 1.64. The standard InChI is InChI=1S/C11H11N3O/c12-11-6-10(7-13-14-11)15-8-9-4-2-1-3-5-9/h1-7H,8H2,(H2,12,14). The molecule has 0 radical (unpaired) electrons. The minimum atomic E-state index is 0.362. The average molecular weight is 201 g/mol. The molecule has 1 aromatic carbocycles. The second kappa shape index (κ2) is 4.41. The first-order valence-electron chi connectivity index (χ1n) is 4.59. The Bertz CT molecular complexity index is 431. The van der Waals surface area contributed by atoms with Crippen LogP contribution in [0.3, 0.4) is 0 Å². The van der Waals surface area contributed by atoms with Crippen molar-refractivity contribution in [3.63, 3.8) is 0 Å².